The van der Waals surface area contributed by atoms with E-state index in [1.165, 1.54) is 18.7 Å². The molecule has 94 valence electrons. The molecule has 0 aromatic rings. The number of rotatable bonds is 6. The SMILES string of the molecule is CCC[C@@H](N)C(=O)N(CC)C(C)(C)C(=O)O. The molecule has 0 saturated carbocycles. The van der Waals surface area contributed by atoms with E-state index in [0.29, 0.717) is 13.0 Å². The third-order valence-electron chi connectivity index (χ3n) is 2.70. The zero-order valence-electron chi connectivity index (χ0n) is 10.5. The highest BCUT2D eigenvalue weighted by Gasteiger charge is 2.38. The summed E-state index contributed by atoms with van der Waals surface area (Å²) < 4.78 is 0. The van der Waals surface area contributed by atoms with Crippen LogP contribution in [0, 0.1) is 0 Å². The average Bonchev–Trinajstić information content (AvgIpc) is 2.18. The second-order valence-corrected chi connectivity index (χ2v) is 4.34. The topological polar surface area (TPSA) is 83.6 Å². The second kappa shape index (κ2) is 5.84. The summed E-state index contributed by atoms with van der Waals surface area (Å²) in [6.45, 7) is 7.05. The maximum absolute atomic E-state index is 12.0. The highest BCUT2D eigenvalue weighted by molar-refractivity contribution is 5.89. The lowest BCUT2D eigenvalue weighted by Gasteiger charge is -2.35. The monoisotopic (exact) mass is 230 g/mol. The molecule has 0 aromatic carbocycles. The number of carbonyl (C=O) groups is 2. The summed E-state index contributed by atoms with van der Waals surface area (Å²) in [5.74, 6) is -1.32. The lowest BCUT2D eigenvalue weighted by atomic mass is 10.0. The molecule has 0 aliphatic carbocycles. The number of amides is 1. The van der Waals surface area contributed by atoms with Gasteiger partial charge >= 0.3 is 5.97 Å². The van der Waals surface area contributed by atoms with Crippen molar-refractivity contribution >= 4 is 11.9 Å². The van der Waals surface area contributed by atoms with Crippen molar-refractivity contribution in [2.75, 3.05) is 6.54 Å². The Morgan fingerprint density at radius 2 is 1.88 bits per heavy atom. The van der Waals surface area contributed by atoms with Crippen LogP contribution in [0.5, 0.6) is 0 Å². The van der Waals surface area contributed by atoms with Crippen LogP contribution in [0.25, 0.3) is 0 Å². The van der Waals surface area contributed by atoms with Gasteiger partial charge in [-0.1, -0.05) is 13.3 Å². The molecule has 1 amide bonds. The number of carbonyl (C=O) groups excluding carboxylic acids is 1. The van der Waals surface area contributed by atoms with Gasteiger partial charge in [-0.15, -0.1) is 0 Å². The summed E-state index contributed by atoms with van der Waals surface area (Å²) in [6, 6.07) is -0.608. The molecule has 1 atom stereocenters. The van der Waals surface area contributed by atoms with E-state index in [9.17, 15) is 9.59 Å². The maximum Gasteiger partial charge on any atom is 0.329 e. The van der Waals surface area contributed by atoms with Gasteiger partial charge in [-0.25, -0.2) is 4.79 Å². The summed E-state index contributed by atoms with van der Waals surface area (Å²) in [6.07, 6.45) is 1.38. The van der Waals surface area contributed by atoms with Crippen LogP contribution >= 0.6 is 0 Å². The fraction of sp³-hybridized carbons (Fsp3) is 0.818. The molecule has 0 aliphatic rings. The van der Waals surface area contributed by atoms with Crippen LogP contribution in [0.2, 0.25) is 0 Å². The molecule has 0 heterocycles. The highest BCUT2D eigenvalue weighted by atomic mass is 16.4. The second-order valence-electron chi connectivity index (χ2n) is 4.34. The van der Waals surface area contributed by atoms with Gasteiger partial charge in [0.05, 0.1) is 6.04 Å². The zero-order valence-corrected chi connectivity index (χ0v) is 10.5. The van der Waals surface area contributed by atoms with Crippen LogP contribution in [-0.2, 0) is 9.59 Å². The van der Waals surface area contributed by atoms with Gasteiger partial charge in [-0.05, 0) is 27.2 Å². The van der Waals surface area contributed by atoms with Crippen molar-refractivity contribution in [1.29, 1.82) is 0 Å². The third-order valence-corrected chi connectivity index (χ3v) is 2.70. The normalized spacial score (nSPS) is 13.3. The Morgan fingerprint density at radius 3 is 2.19 bits per heavy atom. The molecular formula is C11H22N2O3. The molecule has 0 aliphatic heterocycles. The van der Waals surface area contributed by atoms with Crippen LogP contribution in [0.1, 0.15) is 40.5 Å². The first-order chi connectivity index (χ1) is 7.28. The first kappa shape index (κ1) is 14.9. The molecule has 5 heteroatoms. The van der Waals surface area contributed by atoms with Crippen molar-refractivity contribution in [2.45, 2.75) is 52.1 Å². The molecule has 0 bridgehead atoms. The van der Waals surface area contributed by atoms with Gasteiger partial charge in [0.1, 0.15) is 5.54 Å². The first-order valence-electron chi connectivity index (χ1n) is 5.59. The molecule has 0 unspecified atom stereocenters. The molecule has 5 nitrogen and oxygen atoms in total. The molecule has 16 heavy (non-hydrogen) atoms. The van der Waals surface area contributed by atoms with Crippen LogP contribution in [0.3, 0.4) is 0 Å². The summed E-state index contributed by atoms with van der Waals surface area (Å²) >= 11 is 0. The Morgan fingerprint density at radius 1 is 1.38 bits per heavy atom. The van der Waals surface area contributed by atoms with Gasteiger partial charge in [0.25, 0.3) is 0 Å². The summed E-state index contributed by atoms with van der Waals surface area (Å²) in [4.78, 5) is 24.3. The highest BCUT2D eigenvalue weighted by Crippen LogP contribution is 2.16. The van der Waals surface area contributed by atoms with Crippen molar-refractivity contribution in [3.8, 4) is 0 Å². The van der Waals surface area contributed by atoms with Gasteiger partial charge < -0.3 is 15.7 Å². The lowest BCUT2D eigenvalue weighted by Crippen LogP contribution is -2.57. The maximum atomic E-state index is 12.0. The summed E-state index contributed by atoms with van der Waals surface area (Å²) in [7, 11) is 0. The number of nitrogens with two attached hydrogens (primary N) is 1. The molecular weight excluding hydrogens is 208 g/mol. The molecule has 0 saturated heterocycles. The van der Waals surface area contributed by atoms with Crippen molar-refractivity contribution < 1.29 is 14.7 Å². The molecule has 0 fully saturated rings. The van der Waals surface area contributed by atoms with Gasteiger partial charge in [0.2, 0.25) is 5.91 Å². The quantitative estimate of drug-likeness (QED) is 0.707. The minimum Gasteiger partial charge on any atom is -0.480 e. The van der Waals surface area contributed by atoms with E-state index >= 15 is 0 Å². The Bertz CT molecular complexity index is 264. The van der Waals surface area contributed by atoms with E-state index in [1.54, 1.807) is 6.92 Å². The number of carboxylic acids is 1. The van der Waals surface area contributed by atoms with E-state index in [-0.39, 0.29) is 5.91 Å². The van der Waals surface area contributed by atoms with E-state index in [4.69, 9.17) is 10.8 Å². The van der Waals surface area contributed by atoms with Crippen LogP contribution in [0.15, 0.2) is 0 Å². The Labute approximate surface area is 96.6 Å². The van der Waals surface area contributed by atoms with Gasteiger partial charge in [0.15, 0.2) is 0 Å². The Hall–Kier alpha value is -1.10. The molecule has 0 aromatic heterocycles. The smallest absolute Gasteiger partial charge is 0.329 e. The van der Waals surface area contributed by atoms with E-state index in [0.717, 1.165) is 6.42 Å². The van der Waals surface area contributed by atoms with E-state index < -0.39 is 17.6 Å². The fourth-order valence-corrected chi connectivity index (χ4v) is 1.58. The van der Waals surface area contributed by atoms with Crippen LogP contribution in [0.4, 0.5) is 0 Å². The third kappa shape index (κ3) is 3.20. The number of hydrogen-bond donors (Lipinski definition) is 2. The van der Waals surface area contributed by atoms with Crippen molar-refractivity contribution in [3.05, 3.63) is 0 Å². The van der Waals surface area contributed by atoms with Gasteiger partial charge in [-0.3, -0.25) is 4.79 Å². The molecule has 3 N–H and O–H groups in total. The number of likely N-dealkylation sites (N-methyl/N-ethyl adjacent to an activating group) is 1. The number of nitrogens with zero attached hydrogens (tertiary/aromatic N) is 1. The first-order valence-corrected chi connectivity index (χ1v) is 5.59. The summed E-state index contributed by atoms with van der Waals surface area (Å²) in [5.41, 5.74) is 4.51. The Balaban J connectivity index is 4.86. The van der Waals surface area contributed by atoms with E-state index in [2.05, 4.69) is 0 Å². The standard InChI is InChI=1S/C11H22N2O3/c1-5-7-8(12)9(14)13(6-2)11(3,4)10(15)16/h8H,5-7,12H2,1-4H3,(H,15,16)/t8-/m1/s1. The largest absolute Gasteiger partial charge is 0.480 e. The van der Waals surface area contributed by atoms with E-state index in [1.807, 2.05) is 6.92 Å². The van der Waals surface area contributed by atoms with Gasteiger partial charge in [-0.2, -0.15) is 0 Å². The van der Waals surface area contributed by atoms with Gasteiger partial charge in [0, 0.05) is 6.54 Å². The average molecular weight is 230 g/mol. The van der Waals surface area contributed by atoms with Crippen molar-refractivity contribution in [1.82, 2.24) is 4.90 Å². The number of hydrogen-bond acceptors (Lipinski definition) is 3. The van der Waals surface area contributed by atoms with Crippen molar-refractivity contribution in [3.63, 3.8) is 0 Å². The minimum absolute atomic E-state index is 0.295. The fourth-order valence-electron chi connectivity index (χ4n) is 1.58. The molecule has 0 spiro atoms. The minimum atomic E-state index is -1.21. The predicted octanol–water partition coefficient (Wildman–Crippen LogP) is 0.825. The molecule has 0 radical (unpaired) electrons. The number of aliphatic carboxylic acids is 1. The predicted molar refractivity (Wildman–Crippen MR) is 62.0 cm³/mol. The van der Waals surface area contributed by atoms with Crippen LogP contribution < -0.4 is 5.73 Å². The Kier molecular flexibility index (Phi) is 5.44. The lowest BCUT2D eigenvalue weighted by molar-refractivity contribution is -0.157. The van der Waals surface area contributed by atoms with Crippen molar-refractivity contribution in [2.24, 2.45) is 5.73 Å². The summed E-state index contributed by atoms with van der Waals surface area (Å²) in [5, 5.41) is 9.07. The van der Waals surface area contributed by atoms with Crippen LogP contribution in [-0.4, -0.2) is 40.0 Å². The zero-order chi connectivity index (χ0) is 12.9. The molecule has 0 rings (SSSR count). The number of carboxylic acid groups (broad SMARTS) is 1.